The van der Waals surface area contributed by atoms with E-state index in [2.05, 4.69) is 31.0 Å². The Balaban J connectivity index is 1.41. The Morgan fingerprint density at radius 3 is 2.60 bits per heavy atom. The minimum absolute atomic E-state index is 0.165. The molecule has 2 aromatic heterocycles. The zero-order valence-corrected chi connectivity index (χ0v) is 23.6. The van der Waals surface area contributed by atoms with Gasteiger partial charge in [0.15, 0.2) is 0 Å². The number of esters is 1. The number of nitrogens with one attached hydrogen (secondary N) is 1. The molecule has 0 aliphatic rings. The summed E-state index contributed by atoms with van der Waals surface area (Å²) in [6.07, 6.45) is 6.46. The number of tetrazole rings is 1. The highest BCUT2D eigenvalue weighted by atomic mass is 35.5. The van der Waals surface area contributed by atoms with Crippen molar-refractivity contribution in [2.45, 2.75) is 18.9 Å². The van der Waals surface area contributed by atoms with Gasteiger partial charge in [-0.2, -0.15) is 14.9 Å². The average molecular weight is 598 g/mol. The Morgan fingerprint density at radius 1 is 1.02 bits per heavy atom. The van der Waals surface area contributed by atoms with Crippen LogP contribution in [0.5, 0.6) is 0 Å². The minimum Gasteiger partial charge on any atom is -0.469 e. The van der Waals surface area contributed by atoms with E-state index in [4.69, 9.17) is 16.3 Å². The van der Waals surface area contributed by atoms with Crippen LogP contribution in [0.2, 0.25) is 5.02 Å². The van der Waals surface area contributed by atoms with Crippen LogP contribution in [0.3, 0.4) is 0 Å². The molecule has 0 saturated carbocycles. The first kappa shape index (κ1) is 29.2. The molecule has 0 radical (unpaired) electrons. The summed E-state index contributed by atoms with van der Waals surface area (Å²) < 4.78 is 20.2. The van der Waals surface area contributed by atoms with E-state index in [0.717, 1.165) is 16.7 Å². The normalized spacial score (nSPS) is 11.8. The predicted octanol–water partition coefficient (Wildman–Crippen LogP) is 4.74. The lowest BCUT2D eigenvalue weighted by Crippen LogP contribution is -2.29. The van der Waals surface area contributed by atoms with Crippen molar-refractivity contribution in [2.75, 3.05) is 7.11 Å². The first-order chi connectivity index (χ1) is 20.9. The largest absolute Gasteiger partial charge is 0.469 e. The fourth-order valence-corrected chi connectivity index (χ4v) is 4.60. The summed E-state index contributed by atoms with van der Waals surface area (Å²) in [5.41, 5.74) is 4.82. The van der Waals surface area contributed by atoms with Gasteiger partial charge in [0.05, 0.1) is 37.2 Å². The maximum Gasteiger partial charge on any atom is 0.309 e. The molecule has 0 spiro atoms. The second-order valence-corrected chi connectivity index (χ2v) is 9.94. The van der Waals surface area contributed by atoms with Gasteiger partial charge in [0.2, 0.25) is 5.91 Å². The Bertz CT molecular complexity index is 1760. The Morgan fingerprint density at radius 2 is 1.86 bits per heavy atom. The molecule has 0 aliphatic heterocycles. The molecule has 0 bridgehead atoms. The molecule has 5 aromatic rings. The molecule has 43 heavy (non-hydrogen) atoms. The van der Waals surface area contributed by atoms with Crippen molar-refractivity contribution < 1.29 is 18.7 Å². The third-order valence-electron chi connectivity index (χ3n) is 6.54. The molecule has 5 rings (SSSR count). The summed E-state index contributed by atoms with van der Waals surface area (Å²) in [6, 6.07) is 19.9. The lowest BCUT2D eigenvalue weighted by Gasteiger charge is -2.18. The van der Waals surface area contributed by atoms with Crippen LogP contribution in [0.25, 0.3) is 22.9 Å². The van der Waals surface area contributed by atoms with Gasteiger partial charge in [-0.25, -0.2) is 4.39 Å². The lowest BCUT2D eigenvalue weighted by molar-refractivity contribution is -0.139. The smallest absolute Gasteiger partial charge is 0.309 e. The molecule has 10 nitrogen and oxygen atoms in total. The molecule has 12 heteroatoms. The van der Waals surface area contributed by atoms with E-state index in [1.807, 2.05) is 30.3 Å². The van der Waals surface area contributed by atoms with Gasteiger partial charge in [0.1, 0.15) is 12.1 Å². The average Bonchev–Trinajstić information content (AvgIpc) is 3.55. The third kappa shape index (κ3) is 7.72. The van der Waals surface area contributed by atoms with Gasteiger partial charge in [-0.05, 0) is 76.0 Å². The van der Waals surface area contributed by atoms with Crippen LogP contribution >= 0.6 is 11.6 Å². The number of rotatable bonds is 10. The Hall–Kier alpha value is -5.29. The van der Waals surface area contributed by atoms with E-state index in [0.29, 0.717) is 27.5 Å². The molecule has 2 heterocycles. The summed E-state index contributed by atoms with van der Waals surface area (Å²) in [7, 11) is 1.35. The molecule has 0 saturated heterocycles. The quantitative estimate of drug-likeness (QED) is 0.181. The van der Waals surface area contributed by atoms with Gasteiger partial charge < -0.3 is 10.1 Å². The SMILES string of the molecule is COC(=O)Cc1ccc(-c2cnnc([C@H](Cc3cccc(F)c3)NC(=O)/C=C/c3cc(Cl)ccc3-n3cnnn3)c2)cc1. The van der Waals surface area contributed by atoms with E-state index in [9.17, 15) is 14.0 Å². The molecule has 1 amide bonds. The van der Waals surface area contributed by atoms with E-state index in [-0.39, 0.29) is 24.6 Å². The molecule has 0 fully saturated rings. The number of hydrogen-bond donors (Lipinski definition) is 1. The molecule has 0 unspecified atom stereocenters. The van der Waals surface area contributed by atoms with E-state index < -0.39 is 11.9 Å². The van der Waals surface area contributed by atoms with Gasteiger partial charge in [-0.15, -0.1) is 5.10 Å². The van der Waals surface area contributed by atoms with Gasteiger partial charge in [-0.1, -0.05) is 48.0 Å². The molecule has 1 N–H and O–H groups in total. The number of aromatic nitrogens is 6. The van der Waals surface area contributed by atoms with Crippen molar-refractivity contribution in [3.63, 3.8) is 0 Å². The summed E-state index contributed by atoms with van der Waals surface area (Å²) in [5.74, 6) is -1.12. The van der Waals surface area contributed by atoms with Crippen molar-refractivity contribution in [3.05, 3.63) is 125 Å². The van der Waals surface area contributed by atoms with Crippen LogP contribution in [0.15, 0.2) is 91.4 Å². The number of nitrogens with zero attached hydrogens (tertiary/aromatic N) is 6. The standard InChI is InChI=1S/C31H25ClFN7O3/c1-43-31(42)15-20-5-7-22(8-6-20)24-17-28(37-34-18-24)27(14-21-3-2-4-26(33)13-21)36-30(41)12-9-23-16-25(32)10-11-29(23)40-19-35-38-39-40/h2-13,16-19,27H,14-15H2,1H3,(H,36,41)/b12-9+/t27-/m0/s1. The van der Waals surface area contributed by atoms with E-state index in [1.54, 1.807) is 42.6 Å². The Kier molecular flexibility index (Phi) is 9.23. The number of carbonyl (C=O) groups is 2. The van der Waals surface area contributed by atoms with Gasteiger partial charge in [0, 0.05) is 22.2 Å². The third-order valence-corrected chi connectivity index (χ3v) is 6.77. The predicted molar refractivity (Wildman–Crippen MR) is 157 cm³/mol. The van der Waals surface area contributed by atoms with Crippen molar-refractivity contribution in [1.82, 2.24) is 35.7 Å². The highest BCUT2D eigenvalue weighted by Crippen LogP contribution is 2.25. The molecular weight excluding hydrogens is 573 g/mol. The maximum absolute atomic E-state index is 14.0. The zero-order valence-electron chi connectivity index (χ0n) is 22.9. The summed E-state index contributed by atoms with van der Waals surface area (Å²) in [4.78, 5) is 24.8. The molecule has 0 aliphatic carbocycles. The van der Waals surface area contributed by atoms with Crippen LogP contribution in [-0.4, -0.2) is 49.4 Å². The molecule has 216 valence electrons. The number of benzene rings is 3. The highest BCUT2D eigenvalue weighted by molar-refractivity contribution is 6.30. The first-order valence-corrected chi connectivity index (χ1v) is 13.5. The molecule has 1 atom stereocenters. The van der Waals surface area contributed by atoms with Crippen LogP contribution in [0, 0.1) is 5.82 Å². The van der Waals surface area contributed by atoms with Gasteiger partial charge in [-0.3, -0.25) is 9.59 Å². The maximum atomic E-state index is 14.0. The van der Waals surface area contributed by atoms with E-state index in [1.165, 1.54) is 36.3 Å². The minimum atomic E-state index is -0.636. The van der Waals surface area contributed by atoms with Crippen molar-refractivity contribution in [3.8, 4) is 16.8 Å². The van der Waals surface area contributed by atoms with Crippen LogP contribution in [0.1, 0.15) is 28.4 Å². The number of halogens is 2. The number of amides is 1. The number of hydrogen-bond acceptors (Lipinski definition) is 8. The summed E-state index contributed by atoms with van der Waals surface area (Å²) in [5, 5.41) is 23.2. The summed E-state index contributed by atoms with van der Waals surface area (Å²) in [6.45, 7) is 0. The second kappa shape index (κ2) is 13.6. The zero-order chi connectivity index (χ0) is 30.2. The lowest BCUT2D eigenvalue weighted by atomic mass is 9.99. The van der Waals surface area contributed by atoms with Crippen LogP contribution in [0.4, 0.5) is 4.39 Å². The Labute approximate surface area is 251 Å². The van der Waals surface area contributed by atoms with Crippen molar-refractivity contribution in [1.29, 1.82) is 0 Å². The second-order valence-electron chi connectivity index (χ2n) is 9.51. The number of carbonyl (C=O) groups excluding carboxylic acids is 2. The molecular formula is C31H25ClFN7O3. The van der Waals surface area contributed by atoms with Crippen LogP contribution in [-0.2, 0) is 27.2 Å². The molecule has 3 aromatic carbocycles. The first-order valence-electron chi connectivity index (χ1n) is 13.1. The highest BCUT2D eigenvalue weighted by Gasteiger charge is 2.18. The summed E-state index contributed by atoms with van der Waals surface area (Å²) >= 11 is 6.20. The van der Waals surface area contributed by atoms with Crippen molar-refractivity contribution >= 4 is 29.6 Å². The van der Waals surface area contributed by atoms with Crippen molar-refractivity contribution in [2.24, 2.45) is 0 Å². The topological polar surface area (TPSA) is 125 Å². The van der Waals surface area contributed by atoms with Gasteiger partial charge >= 0.3 is 5.97 Å². The van der Waals surface area contributed by atoms with E-state index >= 15 is 0 Å². The fourth-order valence-electron chi connectivity index (χ4n) is 4.42. The van der Waals surface area contributed by atoms with Crippen LogP contribution < -0.4 is 5.32 Å². The number of methoxy groups -OCH3 is 1. The fraction of sp³-hybridized carbons (Fsp3) is 0.129. The number of ether oxygens (including phenoxy) is 1. The monoisotopic (exact) mass is 597 g/mol. The van der Waals surface area contributed by atoms with Gasteiger partial charge in [0.25, 0.3) is 0 Å².